The first-order chi connectivity index (χ1) is 11.0. The number of amides is 2. The van der Waals surface area contributed by atoms with Crippen molar-refractivity contribution in [2.75, 3.05) is 26.0 Å². The molecule has 0 fully saturated rings. The van der Waals surface area contributed by atoms with Gasteiger partial charge in [-0.15, -0.1) is 0 Å². The molecule has 23 heavy (non-hydrogen) atoms. The summed E-state index contributed by atoms with van der Waals surface area (Å²) in [5, 5.41) is 2.75. The van der Waals surface area contributed by atoms with Crippen molar-refractivity contribution in [3.05, 3.63) is 53.9 Å². The number of pyridine rings is 1. The zero-order chi connectivity index (χ0) is 16.8. The second kappa shape index (κ2) is 7.40. The van der Waals surface area contributed by atoms with Gasteiger partial charge in [0, 0.05) is 31.5 Å². The summed E-state index contributed by atoms with van der Waals surface area (Å²) in [4.78, 5) is 29.6. The number of hydrogen-bond donors (Lipinski definition) is 1. The highest BCUT2D eigenvalue weighted by Crippen LogP contribution is 2.15. The number of carbonyl (C=O) groups excluding carboxylic acids is 2. The zero-order valence-corrected chi connectivity index (χ0v) is 13.4. The van der Waals surface area contributed by atoms with Crippen molar-refractivity contribution in [3.63, 3.8) is 0 Å². The molecule has 0 aliphatic carbocycles. The molecule has 0 atom stereocenters. The van der Waals surface area contributed by atoms with Gasteiger partial charge in [0.25, 0.3) is 11.8 Å². The van der Waals surface area contributed by atoms with Crippen molar-refractivity contribution in [1.29, 1.82) is 0 Å². The smallest absolute Gasteiger partial charge is 0.272 e. The van der Waals surface area contributed by atoms with Crippen LogP contribution in [0.5, 0.6) is 5.75 Å². The van der Waals surface area contributed by atoms with E-state index in [0.29, 0.717) is 23.6 Å². The van der Waals surface area contributed by atoms with E-state index in [1.807, 2.05) is 6.92 Å². The fourth-order valence-electron chi connectivity index (χ4n) is 1.93. The number of nitrogens with one attached hydrogen (secondary N) is 1. The summed E-state index contributed by atoms with van der Waals surface area (Å²) in [6.45, 7) is 2.47. The van der Waals surface area contributed by atoms with Gasteiger partial charge in [0.15, 0.2) is 0 Å². The van der Waals surface area contributed by atoms with Gasteiger partial charge in [0.1, 0.15) is 11.4 Å². The summed E-state index contributed by atoms with van der Waals surface area (Å²) in [7, 11) is 3.30. The maximum absolute atomic E-state index is 12.2. The lowest BCUT2D eigenvalue weighted by molar-refractivity contribution is 0.0821. The second-order valence-corrected chi connectivity index (χ2v) is 5.04. The van der Waals surface area contributed by atoms with E-state index >= 15 is 0 Å². The highest BCUT2D eigenvalue weighted by molar-refractivity contribution is 6.04. The molecule has 120 valence electrons. The fourth-order valence-corrected chi connectivity index (χ4v) is 1.93. The number of nitrogens with zero attached hydrogens (tertiary/aromatic N) is 2. The van der Waals surface area contributed by atoms with Gasteiger partial charge in [-0.25, -0.2) is 0 Å². The molecule has 0 unspecified atom stereocenters. The van der Waals surface area contributed by atoms with Crippen LogP contribution in [0.4, 0.5) is 5.69 Å². The first-order valence-corrected chi connectivity index (χ1v) is 7.23. The standard InChI is InChI=1S/C17H19N3O3/c1-4-23-14-7-5-12(6-8-14)16(21)19-13-9-10-18-15(11-13)17(22)20(2)3/h5-11H,4H2,1-3H3,(H,18,19,21). The van der Waals surface area contributed by atoms with Crippen LogP contribution < -0.4 is 10.1 Å². The van der Waals surface area contributed by atoms with Gasteiger partial charge in [0.2, 0.25) is 0 Å². The molecule has 1 N–H and O–H groups in total. The summed E-state index contributed by atoms with van der Waals surface area (Å²) in [6, 6.07) is 10.0. The van der Waals surface area contributed by atoms with Gasteiger partial charge in [-0.1, -0.05) is 0 Å². The van der Waals surface area contributed by atoms with Crippen molar-refractivity contribution in [3.8, 4) is 5.75 Å². The van der Waals surface area contributed by atoms with E-state index in [4.69, 9.17) is 4.74 Å². The molecular formula is C17H19N3O3. The molecule has 0 aliphatic heterocycles. The molecule has 6 heteroatoms. The Bertz CT molecular complexity index is 696. The van der Waals surface area contributed by atoms with Crippen LogP contribution in [0, 0.1) is 0 Å². The number of benzene rings is 1. The summed E-state index contributed by atoms with van der Waals surface area (Å²) < 4.78 is 5.34. The monoisotopic (exact) mass is 313 g/mol. The Kier molecular flexibility index (Phi) is 5.30. The molecule has 0 bridgehead atoms. The van der Waals surface area contributed by atoms with Crippen LogP contribution in [0.25, 0.3) is 0 Å². The van der Waals surface area contributed by atoms with Crippen molar-refractivity contribution >= 4 is 17.5 Å². The summed E-state index contributed by atoms with van der Waals surface area (Å²) in [5.74, 6) is 0.233. The van der Waals surface area contributed by atoms with Crippen molar-refractivity contribution in [2.45, 2.75) is 6.92 Å². The molecule has 6 nitrogen and oxygen atoms in total. The van der Waals surface area contributed by atoms with Crippen molar-refractivity contribution in [1.82, 2.24) is 9.88 Å². The highest BCUT2D eigenvalue weighted by atomic mass is 16.5. The molecule has 2 rings (SSSR count). The van der Waals surface area contributed by atoms with Crippen LogP contribution in [0.2, 0.25) is 0 Å². The molecule has 0 saturated carbocycles. The summed E-state index contributed by atoms with van der Waals surface area (Å²) in [6.07, 6.45) is 1.49. The van der Waals surface area contributed by atoms with E-state index in [1.54, 1.807) is 50.5 Å². The molecule has 1 aromatic carbocycles. The number of rotatable bonds is 5. The second-order valence-electron chi connectivity index (χ2n) is 5.04. The van der Waals surface area contributed by atoms with E-state index in [2.05, 4.69) is 10.3 Å². The molecule has 1 heterocycles. The first kappa shape index (κ1) is 16.5. The molecule has 1 aromatic heterocycles. The van der Waals surface area contributed by atoms with Crippen LogP contribution in [-0.4, -0.2) is 42.4 Å². The Morgan fingerprint density at radius 3 is 2.48 bits per heavy atom. The third-order valence-electron chi connectivity index (χ3n) is 3.07. The maximum Gasteiger partial charge on any atom is 0.272 e. The third-order valence-corrected chi connectivity index (χ3v) is 3.07. The van der Waals surface area contributed by atoms with Crippen LogP contribution in [0.15, 0.2) is 42.6 Å². The maximum atomic E-state index is 12.2. The Hall–Kier alpha value is -2.89. The zero-order valence-electron chi connectivity index (χ0n) is 13.4. The molecule has 0 spiro atoms. The normalized spacial score (nSPS) is 10.0. The largest absolute Gasteiger partial charge is 0.494 e. The summed E-state index contributed by atoms with van der Waals surface area (Å²) in [5.41, 5.74) is 1.30. The average molecular weight is 313 g/mol. The van der Waals surface area contributed by atoms with E-state index in [9.17, 15) is 9.59 Å². The van der Waals surface area contributed by atoms with Crippen LogP contribution >= 0.6 is 0 Å². The SMILES string of the molecule is CCOc1ccc(C(=O)Nc2ccnc(C(=O)N(C)C)c2)cc1. The van der Waals surface area contributed by atoms with Gasteiger partial charge in [-0.3, -0.25) is 14.6 Å². The van der Waals surface area contributed by atoms with Crippen LogP contribution in [-0.2, 0) is 0 Å². The first-order valence-electron chi connectivity index (χ1n) is 7.23. The van der Waals surface area contributed by atoms with Gasteiger partial charge < -0.3 is 15.0 Å². The highest BCUT2D eigenvalue weighted by Gasteiger charge is 2.12. The minimum atomic E-state index is -0.262. The number of ether oxygens (including phenoxy) is 1. The third kappa shape index (κ3) is 4.29. The Morgan fingerprint density at radius 1 is 1.17 bits per heavy atom. The van der Waals surface area contributed by atoms with Gasteiger partial charge in [0.05, 0.1) is 6.61 Å². The number of anilines is 1. The minimum absolute atomic E-state index is 0.220. The minimum Gasteiger partial charge on any atom is -0.494 e. The van der Waals surface area contributed by atoms with E-state index < -0.39 is 0 Å². The van der Waals surface area contributed by atoms with Gasteiger partial charge >= 0.3 is 0 Å². The fraction of sp³-hybridized carbons (Fsp3) is 0.235. The quantitative estimate of drug-likeness (QED) is 0.920. The van der Waals surface area contributed by atoms with Crippen LogP contribution in [0.3, 0.4) is 0 Å². The number of carbonyl (C=O) groups is 2. The van der Waals surface area contributed by atoms with Crippen molar-refractivity contribution in [2.24, 2.45) is 0 Å². The lowest BCUT2D eigenvalue weighted by atomic mass is 10.2. The Morgan fingerprint density at radius 2 is 1.87 bits per heavy atom. The van der Waals surface area contributed by atoms with Crippen molar-refractivity contribution < 1.29 is 14.3 Å². The molecule has 2 aromatic rings. The molecule has 0 saturated heterocycles. The van der Waals surface area contributed by atoms with Crippen LogP contribution in [0.1, 0.15) is 27.8 Å². The molecular weight excluding hydrogens is 294 g/mol. The number of hydrogen-bond acceptors (Lipinski definition) is 4. The van der Waals surface area contributed by atoms with Gasteiger partial charge in [-0.05, 0) is 43.3 Å². The average Bonchev–Trinajstić information content (AvgIpc) is 2.55. The molecule has 0 aliphatic rings. The predicted molar refractivity (Wildman–Crippen MR) is 87.8 cm³/mol. The number of aromatic nitrogens is 1. The van der Waals surface area contributed by atoms with E-state index in [-0.39, 0.29) is 17.5 Å². The molecule has 0 radical (unpaired) electrons. The van der Waals surface area contributed by atoms with E-state index in [1.165, 1.54) is 11.1 Å². The molecule has 2 amide bonds. The Balaban J connectivity index is 2.10. The lowest BCUT2D eigenvalue weighted by Crippen LogP contribution is -2.23. The summed E-state index contributed by atoms with van der Waals surface area (Å²) >= 11 is 0. The predicted octanol–water partition coefficient (Wildman–Crippen LogP) is 2.43. The Labute approximate surface area is 135 Å². The van der Waals surface area contributed by atoms with E-state index in [0.717, 1.165) is 0 Å². The lowest BCUT2D eigenvalue weighted by Gasteiger charge is -2.11. The topological polar surface area (TPSA) is 71.5 Å². The van der Waals surface area contributed by atoms with Gasteiger partial charge in [-0.2, -0.15) is 0 Å².